The number of nitrogens with one attached hydrogen (secondary N) is 1. The molecule has 1 aliphatic heterocycles. The molecule has 2 N–H and O–H groups in total. The molecule has 5 heteroatoms. The highest BCUT2D eigenvalue weighted by Crippen LogP contribution is 2.09. The summed E-state index contributed by atoms with van der Waals surface area (Å²) in [7, 11) is 1.53. The lowest BCUT2D eigenvalue weighted by atomic mass is 10.2. The first-order valence-electron chi connectivity index (χ1n) is 5.94. The van der Waals surface area contributed by atoms with Crippen molar-refractivity contribution in [2.24, 2.45) is 0 Å². The molecule has 0 aromatic heterocycles. The van der Waals surface area contributed by atoms with Crippen molar-refractivity contribution >= 4 is 6.03 Å². The standard InChI is InChI=1S/C11H22N2O3/c1-16-9-10(14)8-12-11(15)13-6-4-2-3-5-7-13/h10,14H,2-9H2,1H3,(H,12,15). The number of aliphatic hydroxyl groups excluding tert-OH is 1. The summed E-state index contributed by atoms with van der Waals surface area (Å²) < 4.78 is 4.79. The lowest BCUT2D eigenvalue weighted by molar-refractivity contribution is 0.0649. The van der Waals surface area contributed by atoms with Gasteiger partial charge in [-0.25, -0.2) is 4.79 Å². The van der Waals surface area contributed by atoms with E-state index in [-0.39, 0.29) is 19.2 Å². The molecular weight excluding hydrogens is 208 g/mol. The number of methoxy groups -OCH3 is 1. The number of hydrogen-bond acceptors (Lipinski definition) is 3. The van der Waals surface area contributed by atoms with Crippen LogP contribution in [0.15, 0.2) is 0 Å². The normalized spacial score (nSPS) is 19.0. The molecule has 2 amide bonds. The molecule has 0 saturated carbocycles. The van der Waals surface area contributed by atoms with Gasteiger partial charge in [-0.1, -0.05) is 12.8 Å². The van der Waals surface area contributed by atoms with Gasteiger partial charge in [0.05, 0.1) is 12.7 Å². The first kappa shape index (κ1) is 13.3. The minimum absolute atomic E-state index is 0.0722. The van der Waals surface area contributed by atoms with Crippen molar-refractivity contribution in [3.05, 3.63) is 0 Å². The van der Waals surface area contributed by atoms with E-state index in [9.17, 15) is 9.90 Å². The van der Waals surface area contributed by atoms with Crippen LogP contribution in [0, 0.1) is 0 Å². The second-order valence-corrected chi connectivity index (χ2v) is 4.20. The van der Waals surface area contributed by atoms with Gasteiger partial charge in [-0.15, -0.1) is 0 Å². The average Bonchev–Trinajstić information content (AvgIpc) is 2.55. The molecule has 16 heavy (non-hydrogen) atoms. The van der Waals surface area contributed by atoms with E-state index < -0.39 is 6.10 Å². The molecule has 1 saturated heterocycles. The van der Waals surface area contributed by atoms with Gasteiger partial charge < -0.3 is 20.1 Å². The number of amides is 2. The third-order valence-corrected chi connectivity index (χ3v) is 2.74. The largest absolute Gasteiger partial charge is 0.389 e. The Kier molecular flexibility index (Phi) is 6.18. The van der Waals surface area contributed by atoms with Crippen LogP contribution in [0.25, 0.3) is 0 Å². The van der Waals surface area contributed by atoms with Gasteiger partial charge in [-0.05, 0) is 12.8 Å². The van der Waals surface area contributed by atoms with Gasteiger partial charge in [0.15, 0.2) is 0 Å². The molecule has 0 aliphatic carbocycles. The lowest BCUT2D eigenvalue weighted by Gasteiger charge is -2.21. The van der Waals surface area contributed by atoms with E-state index in [0.717, 1.165) is 25.9 Å². The van der Waals surface area contributed by atoms with E-state index in [1.54, 1.807) is 0 Å². The van der Waals surface area contributed by atoms with Crippen LogP contribution in [0.1, 0.15) is 25.7 Å². The number of hydrogen-bond donors (Lipinski definition) is 2. The van der Waals surface area contributed by atoms with Gasteiger partial charge in [0, 0.05) is 26.7 Å². The van der Waals surface area contributed by atoms with Crippen LogP contribution < -0.4 is 5.32 Å². The van der Waals surface area contributed by atoms with Gasteiger partial charge in [0.2, 0.25) is 0 Å². The predicted molar refractivity (Wildman–Crippen MR) is 61.3 cm³/mol. The quantitative estimate of drug-likeness (QED) is 0.742. The van der Waals surface area contributed by atoms with Crippen molar-refractivity contribution in [1.29, 1.82) is 0 Å². The summed E-state index contributed by atoms with van der Waals surface area (Å²) in [6.45, 7) is 2.15. The number of urea groups is 1. The molecule has 5 nitrogen and oxygen atoms in total. The maximum Gasteiger partial charge on any atom is 0.317 e. The fourth-order valence-corrected chi connectivity index (χ4v) is 1.84. The summed E-state index contributed by atoms with van der Waals surface area (Å²) in [6.07, 6.45) is 3.94. The zero-order valence-electron chi connectivity index (χ0n) is 9.95. The lowest BCUT2D eigenvalue weighted by Crippen LogP contribution is -2.44. The van der Waals surface area contributed by atoms with Crippen molar-refractivity contribution in [2.45, 2.75) is 31.8 Å². The highest BCUT2D eigenvalue weighted by Gasteiger charge is 2.15. The monoisotopic (exact) mass is 230 g/mol. The Morgan fingerprint density at radius 3 is 2.56 bits per heavy atom. The molecule has 1 rings (SSSR count). The average molecular weight is 230 g/mol. The van der Waals surface area contributed by atoms with Crippen LogP contribution in [0.5, 0.6) is 0 Å². The zero-order chi connectivity index (χ0) is 11.8. The second-order valence-electron chi connectivity index (χ2n) is 4.20. The summed E-state index contributed by atoms with van der Waals surface area (Å²) in [5.74, 6) is 0. The van der Waals surface area contributed by atoms with Crippen LogP contribution in [-0.4, -0.2) is 55.5 Å². The maximum absolute atomic E-state index is 11.7. The van der Waals surface area contributed by atoms with Gasteiger partial charge >= 0.3 is 6.03 Å². The number of ether oxygens (including phenoxy) is 1. The Morgan fingerprint density at radius 1 is 1.38 bits per heavy atom. The number of carbonyl (C=O) groups excluding carboxylic acids is 1. The van der Waals surface area contributed by atoms with Crippen molar-refractivity contribution in [2.75, 3.05) is 33.4 Å². The molecule has 1 unspecified atom stereocenters. The van der Waals surface area contributed by atoms with E-state index in [4.69, 9.17) is 4.74 Å². The highest BCUT2D eigenvalue weighted by atomic mass is 16.5. The van der Waals surface area contributed by atoms with E-state index in [0.29, 0.717) is 0 Å². The van der Waals surface area contributed by atoms with Crippen molar-refractivity contribution in [1.82, 2.24) is 10.2 Å². The maximum atomic E-state index is 11.7. The van der Waals surface area contributed by atoms with Crippen LogP contribution in [-0.2, 0) is 4.74 Å². The molecule has 1 fully saturated rings. The first-order chi connectivity index (χ1) is 7.74. The smallest absolute Gasteiger partial charge is 0.317 e. The Balaban J connectivity index is 2.22. The summed E-state index contributed by atoms with van der Waals surface area (Å²) in [5.41, 5.74) is 0. The Morgan fingerprint density at radius 2 is 2.00 bits per heavy atom. The fourth-order valence-electron chi connectivity index (χ4n) is 1.84. The van der Waals surface area contributed by atoms with Crippen molar-refractivity contribution in [3.8, 4) is 0 Å². The third kappa shape index (κ3) is 4.81. The number of aliphatic hydroxyl groups is 1. The molecule has 1 heterocycles. The Labute approximate surface area is 96.8 Å². The molecule has 94 valence electrons. The molecule has 0 radical (unpaired) electrons. The Hall–Kier alpha value is -0.810. The minimum atomic E-state index is -0.624. The number of rotatable bonds is 4. The number of carbonyl (C=O) groups is 1. The SMILES string of the molecule is COCC(O)CNC(=O)N1CCCCCC1. The van der Waals surface area contributed by atoms with Gasteiger partial charge in [0.1, 0.15) is 0 Å². The van der Waals surface area contributed by atoms with Crippen molar-refractivity contribution in [3.63, 3.8) is 0 Å². The fraction of sp³-hybridized carbons (Fsp3) is 0.909. The van der Waals surface area contributed by atoms with E-state index in [2.05, 4.69) is 5.32 Å². The topological polar surface area (TPSA) is 61.8 Å². The Bertz CT molecular complexity index is 203. The zero-order valence-corrected chi connectivity index (χ0v) is 9.95. The number of likely N-dealkylation sites (tertiary alicyclic amines) is 1. The minimum Gasteiger partial charge on any atom is -0.389 e. The van der Waals surface area contributed by atoms with E-state index in [1.807, 2.05) is 4.90 Å². The molecule has 0 spiro atoms. The van der Waals surface area contributed by atoms with Crippen LogP contribution in [0.4, 0.5) is 4.79 Å². The van der Waals surface area contributed by atoms with Crippen LogP contribution in [0.2, 0.25) is 0 Å². The molecule has 0 aromatic rings. The summed E-state index contributed by atoms with van der Waals surface area (Å²) >= 11 is 0. The van der Waals surface area contributed by atoms with Gasteiger partial charge in [-0.3, -0.25) is 0 Å². The van der Waals surface area contributed by atoms with Crippen molar-refractivity contribution < 1.29 is 14.6 Å². The number of nitrogens with zero attached hydrogens (tertiary/aromatic N) is 1. The summed E-state index contributed by atoms with van der Waals surface area (Å²) in [4.78, 5) is 13.5. The van der Waals surface area contributed by atoms with Gasteiger partial charge in [0.25, 0.3) is 0 Å². The predicted octanol–water partition coefficient (Wildman–Crippen LogP) is 0.579. The first-order valence-corrected chi connectivity index (χ1v) is 5.94. The van der Waals surface area contributed by atoms with E-state index in [1.165, 1.54) is 20.0 Å². The molecule has 0 aromatic carbocycles. The van der Waals surface area contributed by atoms with Crippen LogP contribution >= 0.6 is 0 Å². The molecule has 0 bridgehead atoms. The summed E-state index contributed by atoms with van der Waals surface area (Å²) in [6, 6.07) is -0.0722. The molecule has 1 atom stereocenters. The third-order valence-electron chi connectivity index (χ3n) is 2.74. The van der Waals surface area contributed by atoms with Crippen LogP contribution in [0.3, 0.4) is 0 Å². The van der Waals surface area contributed by atoms with Gasteiger partial charge in [-0.2, -0.15) is 0 Å². The second kappa shape index (κ2) is 7.46. The molecule has 1 aliphatic rings. The van der Waals surface area contributed by atoms with E-state index >= 15 is 0 Å². The highest BCUT2D eigenvalue weighted by molar-refractivity contribution is 5.74. The summed E-state index contributed by atoms with van der Waals surface area (Å²) in [5, 5.41) is 12.1. The molecular formula is C11H22N2O3.